The summed E-state index contributed by atoms with van der Waals surface area (Å²) in [6.07, 6.45) is 4.30. The van der Waals surface area contributed by atoms with E-state index in [0.29, 0.717) is 13.1 Å². The number of ether oxygens (including phenoxy) is 1. The molecule has 3 rings (SSSR count). The highest BCUT2D eigenvalue weighted by atomic mass is 32.1. The van der Waals surface area contributed by atoms with E-state index in [1.807, 2.05) is 29.0 Å². The van der Waals surface area contributed by atoms with Crippen molar-refractivity contribution >= 4 is 17.4 Å². The SMILES string of the molecule is O=C(NCc1ccsc1)N1CC[C@@H](Oc2cccnc2)C1. The van der Waals surface area contributed by atoms with Gasteiger partial charge in [0.05, 0.1) is 12.7 Å². The molecule has 2 aromatic heterocycles. The van der Waals surface area contributed by atoms with Crippen LogP contribution in [0.2, 0.25) is 0 Å². The Hall–Kier alpha value is -2.08. The minimum absolute atomic E-state index is 0.0292. The summed E-state index contributed by atoms with van der Waals surface area (Å²) in [5, 5.41) is 6.99. The van der Waals surface area contributed by atoms with Gasteiger partial charge in [0, 0.05) is 25.7 Å². The number of nitrogens with zero attached hydrogens (tertiary/aromatic N) is 2. The van der Waals surface area contributed by atoms with Crippen LogP contribution in [0.15, 0.2) is 41.4 Å². The third-order valence-electron chi connectivity index (χ3n) is 3.39. The molecule has 3 heterocycles. The zero-order valence-electron chi connectivity index (χ0n) is 11.6. The topological polar surface area (TPSA) is 54.5 Å². The molecule has 0 bridgehead atoms. The normalized spacial score (nSPS) is 17.7. The van der Waals surface area contributed by atoms with E-state index in [1.54, 1.807) is 28.6 Å². The average molecular weight is 303 g/mol. The van der Waals surface area contributed by atoms with Crippen molar-refractivity contribution in [3.05, 3.63) is 46.9 Å². The van der Waals surface area contributed by atoms with E-state index >= 15 is 0 Å². The summed E-state index contributed by atoms with van der Waals surface area (Å²) in [5.74, 6) is 0.753. The van der Waals surface area contributed by atoms with Crippen LogP contribution in [0.3, 0.4) is 0 Å². The highest BCUT2D eigenvalue weighted by molar-refractivity contribution is 7.07. The van der Waals surface area contributed by atoms with Crippen molar-refractivity contribution in [2.75, 3.05) is 13.1 Å². The van der Waals surface area contributed by atoms with Gasteiger partial charge < -0.3 is 15.0 Å². The van der Waals surface area contributed by atoms with Gasteiger partial charge in [-0.3, -0.25) is 4.98 Å². The highest BCUT2D eigenvalue weighted by Gasteiger charge is 2.27. The first-order chi connectivity index (χ1) is 10.3. The number of hydrogen-bond acceptors (Lipinski definition) is 4. The minimum atomic E-state index is -0.0292. The monoisotopic (exact) mass is 303 g/mol. The van der Waals surface area contributed by atoms with Gasteiger partial charge in [-0.1, -0.05) is 0 Å². The molecule has 1 aliphatic heterocycles. The average Bonchev–Trinajstić information content (AvgIpc) is 3.17. The van der Waals surface area contributed by atoms with Crippen LogP contribution in [0.4, 0.5) is 4.79 Å². The number of pyridine rings is 1. The van der Waals surface area contributed by atoms with Gasteiger partial charge in [0.25, 0.3) is 0 Å². The molecule has 5 nitrogen and oxygen atoms in total. The lowest BCUT2D eigenvalue weighted by atomic mass is 10.3. The summed E-state index contributed by atoms with van der Waals surface area (Å²) in [4.78, 5) is 17.9. The number of amides is 2. The van der Waals surface area contributed by atoms with E-state index in [1.165, 1.54) is 0 Å². The van der Waals surface area contributed by atoms with E-state index in [9.17, 15) is 4.79 Å². The number of aromatic nitrogens is 1. The molecule has 1 atom stereocenters. The Morgan fingerprint density at radius 2 is 2.48 bits per heavy atom. The maximum absolute atomic E-state index is 12.1. The predicted molar refractivity (Wildman–Crippen MR) is 81.4 cm³/mol. The van der Waals surface area contributed by atoms with E-state index in [-0.39, 0.29) is 12.1 Å². The number of nitrogens with one attached hydrogen (secondary N) is 1. The Kier molecular flexibility index (Phi) is 4.35. The molecule has 21 heavy (non-hydrogen) atoms. The molecule has 1 saturated heterocycles. The Balaban J connectivity index is 1.46. The summed E-state index contributed by atoms with van der Waals surface area (Å²) in [6, 6.07) is 5.71. The molecule has 0 unspecified atom stereocenters. The third kappa shape index (κ3) is 3.72. The summed E-state index contributed by atoms with van der Waals surface area (Å²) >= 11 is 1.63. The standard InChI is InChI=1S/C15H17N3O2S/c19-15(17-8-12-4-7-21-11-12)18-6-3-14(10-18)20-13-2-1-5-16-9-13/h1-2,4-5,7,9,11,14H,3,6,8,10H2,(H,17,19)/t14-/m1/s1. The number of rotatable bonds is 4. The molecule has 1 fully saturated rings. The molecule has 1 N–H and O–H groups in total. The lowest BCUT2D eigenvalue weighted by molar-refractivity contribution is 0.186. The number of carbonyl (C=O) groups is 1. The maximum atomic E-state index is 12.1. The molecule has 0 spiro atoms. The van der Waals surface area contributed by atoms with Crippen molar-refractivity contribution in [2.45, 2.75) is 19.1 Å². The number of urea groups is 1. The Labute approximate surface area is 127 Å². The van der Waals surface area contributed by atoms with E-state index in [0.717, 1.165) is 24.3 Å². The first kappa shape index (κ1) is 13.9. The molecule has 0 aromatic carbocycles. The quantitative estimate of drug-likeness (QED) is 0.944. The van der Waals surface area contributed by atoms with Gasteiger partial charge >= 0.3 is 6.03 Å². The smallest absolute Gasteiger partial charge is 0.317 e. The molecule has 0 radical (unpaired) electrons. The van der Waals surface area contributed by atoms with Crippen molar-refractivity contribution < 1.29 is 9.53 Å². The molecule has 1 aliphatic rings. The summed E-state index contributed by atoms with van der Waals surface area (Å²) in [5.41, 5.74) is 1.13. The highest BCUT2D eigenvalue weighted by Crippen LogP contribution is 2.17. The lowest BCUT2D eigenvalue weighted by Gasteiger charge is -2.17. The molecule has 6 heteroatoms. The molecular weight excluding hydrogens is 286 g/mol. The fraction of sp³-hybridized carbons (Fsp3) is 0.333. The summed E-state index contributed by atoms with van der Waals surface area (Å²) in [6.45, 7) is 1.91. The lowest BCUT2D eigenvalue weighted by Crippen LogP contribution is -2.39. The Morgan fingerprint density at radius 1 is 1.52 bits per heavy atom. The molecule has 0 saturated carbocycles. The van der Waals surface area contributed by atoms with Gasteiger partial charge in [-0.2, -0.15) is 11.3 Å². The van der Waals surface area contributed by atoms with Gasteiger partial charge in [-0.15, -0.1) is 0 Å². The predicted octanol–water partition coefficient (Wildman–Crippen LogP) is 2.51. The summed E-state index contributed by atoms with van der Waals surface area (Å²) in [7, 11) is 0. The zero-order valence-corrected chi connectivity index (χ0v) is 12.4. The van der Waals surface area contributed by atoms with Gasteiger partial charge in [0.2, 0.25) is 0 Å². The largest absolute Gasteiger partial charge is 0.487 e. The minimum Gasteiger partial charge on any atom is -0.487 e. The third-order valence-corrected chi connectivity index (χ3v) is 4.13. The second kappa shape index (κ2) is 6.58. The van der Waals surface area contributed by atoms with Gasteiger partial charge in [-0.25, -0.2) is 4.79 Å². The number of carbonyl (C=O) groups excluding carboxylic acids is 1. The number of likely N-dealkylation sites (tertiary alicyclic amines) is 1. The van der Waals surface area contributed by atoms with E-state index in [2.05, 4.69) is 10.3 Å². The maximum Gasteiger partial charge on any atom is 0.317 e. The second-order valence-corrected chi connectivity index (χ2v) is 5.73. The van der Waals surface area contributed by atoms with Crippen LogP contribution in [0.1, 0.15) is 12.0 Å². The van der Waals surface area contributed by atoms with Crippen LogP contribution in [0.5, 0.6) is 5.75 Å². The van der Waals surface area contributed by atoms with Gasteiger partial charge in [0.15, 0.2) is 0 Å². The first-order valence-electron chi connectivity index (χ1n) is 6.92. The Bertz CT molecular complexity index is 574. The van der Waals surface area contributed by atoms with Crippen molar-refractivity contribution in [3.63, 3.8) is 0 Å². The molecule has 110 valence electrons. The fourth-order valence-electron chi connectivity index (χ4n) is 2.30. The van der Waals surface area contributed by atoms with Crippen LogP contribution >= 0.6 is 11.3 Å². The van der Waals surface area contributed by atoms with Crippen molar-refractivity contribution in [2.24, 2.45) is 0 Å². The molecular formula is C15H17N3O2S. The van der Waals surface area contributed by atoms with Crippen molar-refractivity contribution in [1.29, 1.82) is 0 Å². The second-order valence-electron chi connectivity index (χ2n) is 4.95. The summed E-state index contributed by atoms with van der Waals surface area (Å²) < 4.78 is 5.82. The van der Waals surface area contributed by atoms with Gasteiger partial charge in [-0.05, 0) is 34.5 Å². The Morgan fingerprint density at radius 3 is 3.24 bits per heavy atom. The number of hydrogen-bond donors (Lipinski definition) is 1. The number of thiophene rings is 1. The van der Waals surface area contributed by atoms with Crippen molar-refractivity contribution in [1.82, 2.24) is 15.2 Å². The zero-order chi connectivity index (χ0) is 14.5. The van der Waals surface area contributed by atoms with Crippen LogP contribution in [0, 0.1) is 0 Å². The molecule has 2 amide bonds. The van der Waals surface area contributed by atoms with Gasteiger partial charge in [0.1, 0.15) is 11.9 Å². The van der Waals surface area contributed by atoms with Crippen molar-refractivity contribution in [3.8, 4) is 5.75 Å². The van der Waals surface area contributed by atoms with E-state index in [4.69, 9.17) is 4.74 Å². The molecule has 2 aromatic rings. The van der Waals surface area contributed by atoms with E-state index < -0.39 is 0 Å². The van der Waals surface area contributed by atoms with Crippen LogP contribution in [-0.4, -0.2) is 35.1 Å². The fourth-order valence-corrected chi connectivity index (χ4v) is 2.97. The van der Waals surface area contributed by atoms with Crippen LogP contribution < -0.4 is 10.1 Å². The molecule has 0 aliphatic carbocycles. The first-order valence-corrected chi connectivity index (χ1v) is 7.86. The van der Waals surface area contributed by atoms with Crippen LogP contribution in [-0.2, 0) is 6.54 Å². The van der Waals surface area contributed by atoms with Crippen LogP contribution in [0.25, 0.3) is 0 Å².